The fourth-order valence-corrected chi connectivity index (χ4v) is 3.24. The number of aromatic nitrogens is 1. The lowest BCUT2D eigenvalue weighted by Gasteiger charge is -1.97. The van der Waals surface area contributed by atoms with E-state index in [9.17, 15) is 0 Å². The molecule has 15 heavy (non-hydrogen) atoms. The number of nitrogens with zero attached hydrogens (tertiary/aromatic N) is 1. The molecule has 0 aliphatic heterocycles. The highest BCUT2D eigenvalue weighted by Crippen LogP contribution is 2.28. The van der Waals surface area contributed by atoms with Crippen LogP contribution in [0.15, 0.2) is 28.6 Å². The molecule has 2 rings (SSSR count). The molecule has 0 radical (unpaired) electrons. The van der Waals surface area contributed by atoms with Crippen molar-refractivity contribution in [1.29, 1.82) is 0 Å². The number of thiazole rings is 1. The van der Waals surface area contributed by atoms with Gasteiger partial charge in [-0.15, -0.1) is 11.3 Å². The zero-order valence-electron chi connectivity index (χ0n) is 8.60. The van der Waals surface area contributed by atoms with Crippen LogP contribution in [0.3, 0.4) is 0 Å². The monoisotopic (exact) mass is 239 g/mol. The number of fused-ring (bicyclic) bond motifs is 1. The molecule has 0 N–H and O–H groups in total. The number of thioether (sulfide) groups is 1. The van der Waals surface area contributed by atoms with Gasteiger partial charge in [-0.1, -0.05) is 23.9 Å². The fourth-order valence-electron chi connectivity index (χ4n) is 1.25. The van der Waals surface area contributed by atoms with Crippen LogP contribution in [0.2, 0.25) is 0 Å². The lowest BCUT2D eigenvalue weighted by Crippen LogP contribution is -1.95. The van der Waals surface area contributed by atoms with Gasteiger partial charge in [0.1, 0.15) is 0 Å². The van der Waals surface area contributed by atoms with Gasteiger partial charge in [-0.05, 0) is 19.1 Å². The molecule has 80 valence electrons. The minimum Gasteiger partial charge on any atom is -0.381 e. The molecule has 0 aliphatic carbocycles. The molecular weight excluding hydrogens is 226 g/mol. The SMILES string of the molecule is CCOCCSc1nc2ccccc2s1. The molecule has 0 aliphatic rings. The van der Waals surface area contributed by atoms with E-state index in [4.69, 9.17) is 4.74 Å². The predicted molar refractivity (Wildman–Crippen MR) is 66.8 cm³/mol. The minimum absolute atomic E-state index is 0.792. The maximum atomic E-state index is 5.29. The lowest BCUT2D eigenvalue weighted by molar-refractivity contribution is 0.164. The largest absolute Gasteiger partial charge is 0.381 e. The standard InChI is InChI=1S/C11H13NOS2/c1-2-13-7-8-14-11-12-9-5-3-4-6-10(9)15-11/h3-6H,2,7-8H2,1H3. The van der Waals surface area contributed by atoms with Crippen molar-refractivity contribution in [2.45, 2.75) is 11.3 Å². The van der Waals surface area contributed by atoms with Crippen molar-refractivity contribution in [3.63, 3.8) is 0 Å². The molecule has 1 heterocycles. The second kappa shape index (κ2) is 5.49. The number of benzene rings is 1. The van der Waals surface area contributed by atoms with Crippen LogP contribution >= 0.6 is 23.1 Å². The molecule has 0 saturated heterocycles. The number of para-hydroxylation sites is 1. The molecule has 0 spiro atoms. The van der Waals surface area contributed by atoms with Crippen LogP contribution in [0.25, 0.3) is 10.2 Å². The molecule has 0 saturated carbocycles. The normalized spacial score (nSPS) is 11.0. The van der Waals surface area contributed by atoms with Gasteiger partial charge in [-0.3, -0.25) is 0 Å². The molecule has 2 aromatic rings. The first-order valence-electron chi connectivity index (χ1n) is 4.96. The van der Waals surface area contributed by atoms with Crippen LogP contribution in [0.4, 0.5) is 0 Å². The smallest absolute Gasteiger partial charge is 0.151 e. The molecule has 0 atom stereocenters. The van der Waals surface area contributed by atoms with E-state index >= 15 is 0 Å². The summed E-state index contributed by atoms with van der Waals surface area (Å²) in [6, 6.07) is 8.24. The molecule has 4 heteroatoms. The van der Waals surface area contributed by atoms with Crippen molar-refractivity contribution in [2.75, 3.05) is 19.0 Å². The highest BCUT2D eigenvalue weighted by molar-refractivity contribution is 8.01. The third-order valence-electron chi connectivity index (χ3n) is 1.93. The second-order valence-corrected chi connectivity index (χ2v) is 5.37. The summed E-state index contributed by atoms with van der Waals surface area (Å²) in [5.74, 6) is 0.980. The molecule has 1 aromatic heterocycles. The number of rotatable bonds is 5. The van der Waals surface area contributed by atoms with E-state index in [0.717, 1.165) is 28.8 Å². The third-order valence-corrected chi connectivity index (χ3v) is 4.08. The molecular formula is C11H13NOS2. The zero-order chi connectivity index (χ0) is 10.5. The third kappa shape index (κ3) is 2.93. The summed E-state index contributed by atoms with van der Waals surface area (Å²) in [6.45, 7) is 3.61. The van der Waals surface area contributed by atoms with Crippen LogP contribution in [-0.2, 0) is 4.74 Å². The maximum Gasteiger partial charge on any atom is 0.151 e. The van der Waals surface area contributed by atoms with Gasteiger partial charge < -0.3 is 4.74 Å². The van der Waals surface area contributed by atoms with Gasteiger partial charge >= 0.3 is 0 Å². The fraction of sp³-hybridized carbons (Fsp3) is 0.364. The molecule has 2 nitrogen and oxygen atoms in total. The summed E-state index contributed by atoms with van der Waals surface area (Å²) in [5, 5.41) is 0. The van der Waals surface area contributed by atoms with Gasteiger partial charge in [0.05, 0.1) is 16.8 Å². The minimum atomic E-state index is 0.792. The van der Waals surface area contributed by atoms with Crippen LogP contribution in [0.1, 0.15) is 6.92 Å². The van der Waals surface area contributed by atoms with Gasteiger partial charge in [0.25, 0.3) is 0 Å². The summed E-state index contributed by atoms with van der Waals surface area (Å²) in [4.78, 5) is 4.54. The van der Waals surface area contributed by atoms with E-state index in [-0.39, 0.29) is 0 Å². The average molecular weight is 239 g/mol. The van der Waals surface area contributed by atoms with Crippen LogP contribution in [0, 0.1) is 0 Å². The lowest BCUT2D eigenvalue weighted by atomic mass is 10.3. The summed E-state index contributed by atoms with van der Waals surface area (Å²) in [6.07, 6.45) is 0. The Morgan fingerprint density at radius 2 is 2.27 bits per heavy atom. The molecule has 0 unspecified atom stereocenters. The Balaban J connectivity index is 1.97. The number of hydrogen-bond donors (Lipinski definition) is 0. The Bertz CT molecular complexity index is 394. The van der Waals surface area contributed by atoms with Gasteiger partial charge in [0.2, 0.25) is 0 Å². The predicted octanol–water partition coefficient (Wildman–Crippen LogP) is 3.42. The van der Waals surface area contributed by atoms with Crippen LogP contribution < -0.4 is 0 Å². The van der Waals surface area contributed by atoms with Crippen LogP contribution in [-0.4, -0.2) is 24.0 Å². The van der Waals surface area contributed by atoms with Crippen LogP contribution in [0.5, 0.6) is 0 Å². The molecule has 0 fully saturated rings. The maximum absolute atomic E-state index is 5.29. The Morgan fingerprint density at radius 3 is 3.07 bits per heavy atom. The summed E-state index contributed by atoms with van der Waals surface area (Å²) in [5.41, 5.74) is 1.10. The topological polar surface area (TPSA) is 22.1 Å². The molecule has 0 bridgehead atoms. The van der Waals surface area contributed by atoms with Gasteiger partial charge in [0, 0.05) is 12.4 Å². The highest BCUT2D eigenvalue weighted by Gasteiger charge is 2.02. The zero-order valence-corrected chi connectivity index (χ0v) is 10.2. The van der Waals surface area contributed by atoms with Crippen molar-refractivity contribution in [1.82, 2.24) is 4.98 Å². The number of ether oxygens (including phenoxy) is 1. The van der Waals surface area contributed by atoms with E-state index in [0.29, 0.717) is 0 Å². The number of hydrogen-bond acceptors (Lipinski definition) is 4. The van der Waals surface area contributed by atoms with Gasteiger partial charge in [0.15, 0.2) is 4.34 Å². The van der Waals surface area contributed by atoms with Gasteiger partial charge in [-0.2, -0.15) is 0 Å². The van der Waals surface area contributed by atoms with E-state index < -0.39 is 0 Å². The molecule has 0 amide bonds. The van der Waals surface area contributed by atoms with Crippen molar-refractivity contribution in [2.24, 2.45) is 0 Å². The van der Waals surface area contributed by atoms with E-state index in [1.165, 1.54) is 4.70 Å². The Labute approximate surface area is 97.7 Å². The first kappa shape index (κ1) is 10.9. The highest BCUT2D eigenvalue weighted by atomic mass is 32.2. The Morgan fingerprint density at radius 1 is 1.40 bits per heavy atom. The van der Waals surface area contributed by atoms with Crippen molar-refractivity contribution in [3.05, 3.63) is 24.3 Å². The summed E-state index contributed by atoms with van der Waals surface area (Å²) >= 11 is 3.52. The first-order chi connectivity index (χ1) is 7.40. The summed E-state index contributed by atoms with van der Waals surface area (Å²) < 4.78 is 7.68. The van der Waals surface area contributed by atoms with Gasteiger partial charge in [-0.25, -0.2) is 4.98 Å². The summed E-state index contributed by atoms with van der Waals surface area (Å²) in [7, 11) is 0. The Hall–Kier alpha value is -0.580. The van der Waals surface area contributed by atoms with Crippen molar-refractivity contribution >= 4 is 33.3 Å². The van der Waals surface area contributed by atoms with E-state index in [2.05, 4.69) is 23.2 Å². The van der Waals surface area contributed by atoms with E-state index in [1.54, 1.807) is 23.1 Å². The van der Waals surface area contributed by atoms with Crippen molar-refractivity contribution < 1.29 is 4.74 Å². The second-order valence-electron chi connectivity index (χ2n) is 2.99. The first-order valence-corrected chi connectivity index (χ1v) is 6.76. The Kier molecular flexibility index (Phi) is 4.00. The van der Waals surface area contributed by atoms with E-state index in [1.807, 2.05) is 13.0 Å². The van der Waals surface area contributed by atoms with Crippen molar-refractivity contribution in [3.8, 4) is 0 Å². The quantitative estimate of drug-likeness (QED) is 0.589. The molecule has 1 aromatic carbocycles. The average Bonchev–Trinajstić information content (AvgIpc) is 2.67.